The van der Waals surface area contributed by atoms with Crippen molar-refractivity contribution in [1.29, 1.82) is 0 Å². The fourth-order valence-electron chi connectivity index (χ4n) is 3.84. The van der Waals surface area contributed by atoms with Crippen molar-refractivity contribution in [2.24, 2.45) is 17.6 Å². The third-order valence-corrected chi connectivity index (χ3v) is 5.34. The number of hydrazone groups is 1. The van der Waals surface area contributed by atoms with Crippen LogP contribution in [0.2, 0.25) is 0 Å². The van der Waals surface area contributed by atoms with Crippen molar-refractivity contribution in [2.45, 2.75) is 58.4 Å². The minimum Gasteiger partial charge on any atom is -0.285 e. The predicted molar refractivity (Wildman–Crippen MR) is 91.8 cm³/mol. The van der Waals surface area contributed by atoms with Crippen LogP contribution in [0.25, 0.3) is 0 Å². The highest BCUT2D eigenvalue weighted by atomic mass is 16.2. The van der Waals surface area contributed by atoms with Crippen LogP contribution in [0.5, 0.6) is 0 Å². The van der Waals surface area contributed by atoms with Crippen LogP contribution in [0.4, 0.5) is 0 Å². The van der Waals surface area contributed by atoms with Crippen LogP contribution in [0, 0.1) is 11.8 Å². The number of amides is 1. The van der Waals surface area contributed by atoms with Gasteiger partial charge in [-0.25, -0.2) is 0 Å². The Morgan fingerprint density at radius 3 is 2.70 bits per heavy atom. The van der Waals surface area contributed by atoms with Gasteiger partial charge < -0.3 is 0 Å². The van der Waals surface area contributed by atoms with Crippen LogP contribution in [-0.2, 0) is 11.3 Å². The number of hydrazine groups is 1. The molecule has 4 heteroatoms. The molecule has 0 saturated heterocycles. The number of hydrogen-bond donors (Lipinski definition) is 2. The number of hydrogen-bond acceptors (Lipinski definition) is 2. The molecule has 3 rings (SSSR count). The summed E-state index contributed by atoms with van der Waals surface area (Å²) in [5, 5.41) is 0. The van der Waals surface area contributed by atoms with Gasteiger partial charge in [0.05, 0.1) is 5.56 Å². The summed E-state index contributed by atoms with van der Waals surface area (Å²) in [6.45, 7) is 2.91. The third kappa shape index (κ3) is 3.57. The van der Waals surface area contributed by atoms with Gasteiger partial charge in [0.1, 0.15) is 6.54 Å². The van der Waals surface area contributed by atoms with Crippen molar-refractivity contribution in [3.63, 3.8) is 0 Å². The van der Waals surface area contributed by atoms with Gasteiger partial charge in [0, 0.05) is 11.5 Å². The molecule has 4 nitrogen and oxygen atoms in total. The van der Waals surface area contributed by atoms with Gasteiger partial charge in [0.25, 0.3) is 11.7 Å². The van der Waals surface area contributed by atoms with Gasteiger partial charge in [-0.1, -0.05) is 44.4 Å². The predicted octanol–water partition coefficient (Wildman–Crippen LogP) is 2.95. The first-order valence-electron chi connectivity index (χ1n) is 8.97. The monoisotopic (exact) mass is 314 g/mol. The molecule has 1 saturated carbocycles. The molecular formula is C19H28N3O+. The average Bonchev–Trinajstić information content (AvgIpc) is 2.90. The molecule has 0 aromatic heterocycles. The van der Waals surface area contributed by atoms with Gasteiger partial charge in [0.2, 0.25) is 0 Å². The Morgan fingerprint density at radius 2 is 2.00 bits per heavy atom. The first kappa shape index (κ1) is 16.0. The van der Waals surface area contributed by atoms with Gasteiger partial charge in [-0.3, -0.25) is 10.5 Å². The van der Waals surface area contributed by atoms with E-state index in [4.69, 9.17) is 5.73 Å². The first-order valence-corrected chi connectivity index (χ1v) is 8.97. The van der Waals surface area contributed by atoms with Crippen LogP contribution in [0.15, 0.2) is 24.3 Å². The van der Waals surface area contributed by atoms with Gasteiger partial charge in [0.15, 0.2) is 0 Å². The number of rotatable bonds is 5. The molecule has 1 amide bonds. The number of carbonyl (C=O) groups excluding carboxylic acids is 1. The van der Waals surface area contributed by atoms with Crippen LogP contribution in [-0.4, -0.2) is 16.4 Å². The molecule has 1 aromatic rings. The number of fused-ring (bicyclic) bond motifs is 1. The smallest absolute Gasteiger partial charge is 0.285 e. The van der Waals surface area contributed by atoms with Crippen LogP contribution >= 0.6 is 0 Å². The summed E-state index contributed by atoms with van der Waals surface area (Å²) in [6.07, 6.45) is 8.33. The lowest BCUT2D eigenvalue weighted by molar-refractivity contribution is -0.586. The first-order chi connectivity index (χ1) is 11.2. The van der Waals surface area contributed by atoms with Gasteiger partial charge >= 0.3 is 0 Å². The Balaban J connectivity index is 1.54. The van der Waals surface area contributed by atoms with Crippen molar-refractivity contribution in [1.82, 2.24) is 5.43 Å². The van der Waals surface area contributed by atoms with E-state index in [1.54, 1.807) is 4.68 Å². The van der Waals surface area contributed by atoms with Gasteiger partial charge in [-0.05, 0) is 37.7 Å². The topological polar surface area (TPSA) is 58.1 Å². The maximum absolute atomic E-state index is 12.5. The van der Waals surface area contributed by atoms with E-state index in [1.807, 2.05) is 18.2 Å². The molecule has 1 aliphatic heterocycles. The quantitative estimate of drug-likeness (QED) is 0.821. The highest BCUT2D eigenvalue weighted by Gasteiger charge is 2.30. The minimum absolute atomic E-state index is 0.134. The molecule has 0 spiro atoms. The maximum atomic E-state index is 12.5. The van der Waals surface area contributed by atoms with Crippen molar-refractivity contribution < 1.29 is 9.48 Å². The molecule has 1 aromatic carbocycles. The fraction of sp³-hybridized carbons (Fsp3) is 0.579. The van der Waals surface area contributed by atoms with E-state index in [-0.39, 0.29) is 11.8 Å². The molecule has 1 fully saturated rings. The maximum Gasteiger partial charge on any atom is 0.299 e. The van der Waals surface area contributed by atoms with Crippen molar-refractivity contribution in [3.05, 3.63) is 35.4 Å². The number of nitrogens with zero attached hydrogens (tertiary/aromatic N) is 1. The minimum atomic E-state index is 0.134. The van der Waals surface area contributed by atoms with Crippen molar-refractivity contribution in [2.75, 3.05) is 0 Å². The summed E-state index contributed by atoms with van der Waals surface area (Å²) in [7, 11) is 0. The van der Waals surface area contributed by atoms with Gasteiger partial charge in [-0.2, -0.15) is 10.1 Å². The van der Waals surface area contributed by atoms with Crippen LogP contribution in [0.3, 0.4) is 0 Å². The molecule has 1 aliphatic carbocycles. The van der Waals surface area contributed by atoms with E-state index in [1.165, 1.54) is 37.7 Å². The molecule has 0 bridgehead atoms. The van der Waals surface area contributed by atoms with Crippen molar-refractivity contribution >= 4 is 11.7 Å². The lowest BCUT2D eigenvalue weighted by Gasteiger charge is -2.27. The average molecular weight is 314 g/mol. The van der Waals surface area contributed by atoms with Gasteiger partial charge in [-0.15, -0.1) is 0 Å². The highest BCUT2D eigenvalue weighted by molar-refractivity contribution is 5.96. The highest BCUT2D eigenvalue weighted by Crippen LogP contribution is 2.32. The summed E-state index contributed by atoms with van der Waals surface area (Å²) >= 11 is 0. The zero-order valence-electron chi connectivity index (χ0n) is 14.1. The van der Waals surface area contributed by atoms with E-state index < -0.39 is 0 Å². The number of carbonyl (C=O) groups is 1. The number of benzene rings is 1. The number of amidine groups is 1. The third-order valence-electron chi connectivity index (χ3n) is 5.34. The summed E-state index contributed by atoms with van der Waals surface area (Å²) in [4.78, 5) is 12.5. The second kappa shape index (κ2) is 7.16. The summed E-state index contributed by atoms with van der Waals surface area (Å²) in [5.41, 5.74) is 11.4. The molecule has 0 atom stereocenters. The molecular weight excluding hydrogens is 286 g/mol. The standard InChI is InChI=1S/C19H27N3O/c1-2-3-6-14-9-11-15(12-10-14)19(23)21-22-13-16-7-4-5-8-17(16)18(22)20/h4-5,7-8,14-15,20H,2-3,6,9-13H2,1H3,(H,21,23)/p+1. The molecule has 0 unspecified atom stereocenters. The van der Waals surface area contributed by atoms with E-state index in [0.717, 1.165) is 24.3 Å². The fourth-order valence-corrected chi connectivity index (χ4v) is 3.84. The zero-order valence-corrected chi connectivity index (χ0v) is 14.1. The number of nitrogens with one attached hydrogen (secondary N) is 1. The Labute approximate surface area is 138 Å². The van der Waals surface area contributed by atoms with E-state index in [2.05, 4.69) is 18.4 Å². The normalized spacial score (nSPS) is 23.7. The second-order valence-electron chi connectivity index (χ2n) is 6.96. The Morgan fingerprint density at radius 1 is 1.26 bits per heavy atom. The molecule has 1 heterocycles. The number of unbranched alkanes of at least 4 members (excludes halogenated alkanes) is 1. The summed E-state index contributed by atoms with van der Waals surface area (Å²) in [6, 6.07) is 8.06. The lowest BCUT2D eigenvalue weighted by Crippen LogP contribution is -2.42. The lowest BCUT2D eigenvalue weighted by atomic mass is 9.79. The molecule has 124 valence electrons. The van der Waals surface area contributed by atoms with E-state index in [9.17, 15) is 4.79 Å². The van der Waals surface area contributed by atoms with Crippen LogP contribution < -0.4 is 11.2 Å². The van der Waals surface area contributed by atoms with E-state index >= 15 is 0 Å². The number of nitrogens with two attached hydrogens (primary N) is 1. The molecule has 2 aliphatic rings. The Hall–Kier alpha value is -1.84. The van der Waals surface area contributed by atoms with E-state index in [0.29, 0.717) is 12.4 Å². The molecule has 0 radical (unpaired) electrons. The molecule has 23 heavy (non-hydrogen) atoms. The Kier molecular flexibility index (Phi) is 4.99. The van der Waals surface area contributed by atoms with Crippen molar-refractivity contribution in [3.8, 4) is 0 Å². The SMILES string of the molecule is CCCCC1CCC(C(=O)N[N+]2=C(N)c3ccccc3C2)CC1. The summed E-state index contributed by atoms with van der Waals surface area (Å²) in [5.74, 6) is 1.76. The largest absolute Gasteiger partial charge is 0.299 e. The second-order valence-corrected chi connectivity index (χ2v) is 6.96. The Bertz CT molecular complexity index is 600. The molecule has 3 N–H and O–H groups in total. The zero-order chi connectivity index (χ0) is 16.2. The summed E-state index contributed by atoms with van der Waals surface area (Å²) < 4.78 is 1.80. The van der Waals surface area contributed by atoms with Crippen LogP contribution in [0.1, 0.15) is 63.0 Å².